The van der Waals surface area contributed by atoms with Crippen molar-refractivity contribution in [2.75, 3.05) is 26.4 Å². The molecule has 0 spiro atoms. The number of unbranched alkanes of at least 4 members (excludes halogenated alkanes) is 2. The molecule has 0 aromatic heterocycles. The summed E-state index contributed by atoms with van der Waals surface area (Å²) < 4.78 is 33.0. The SMILES string of the molecule is C=C(C)C(=O)OCCCc1cc(-c2ccc(-c3ccc(C4CCC(CCCCC)CC4)cc3F)cc2CC)cc(CCCOC(=O)C(=C)C)c1OCCCO. The van der Waals surface area contributed by atoms with Crippen LogP contribution in [-0.4, -0.2) is 43.5 Å². The van der Waals surface area contributed by atoms with Gasteiger partial charge in [0, 0.05) is 29.7 Å². The third-order valence-corrected chi connectivity index (χ3v) is 10.8. The monoisotopic (exact) mass is 754 g/mol. The van der Waals surface area contributed by atoms with E-state index in [1.54, 1.807) is 19.9 Å². The first-order chi connectivity index (χ1) is 26.6. The molecule has 1 fully saturated rings. The summed E-state index contributed by atoms with van der Waals surface area (Å²) in [5, 5.41) is 9.49. The van der Waals surface area contributed by atoms with E-state index in [0.29, 0.717) is 61.3 Å². The summed E-state index contributed by atoms with van der Waals surface area (Å²) in [6.45, 7) is 15.8. The second-order valence-electron chi connectivity index (χ2n) is 15.3. The van der Waals surface area contributed by atoms with Gasteiger partial charge in [0.1, 0.15) is 11.6 Å². The minimum absolute atomic E-state index is 0.00614. The van der Waals surface area contributed by atoms with Crippen LogP contribution in [0.3, 0.4) is 0 Å². The lowest BCUT2D eigenvalue weighted by molar-refractivity contribution is -0.139. The van der Waals surface area contributed by atoms with Gasteiger partial charge < -0.3 is 19.3 Å². The summed E-state index contributed by atoms with van der Waals surface area (Å²) in [6, 6.07) is 16.3. The van der Waals surface area contributed by atoms with E-state index in [2.05, 4.69) is 57.3 Å². The lowest BCUT2D eigenvalue weighted by Crippen LogP contribution is -2.13. The topological polar surface area (TPSA) is 82.1 Å². The van der Waals surface area contributed by atoms with Crippen molar-refractivity contribution >= 4 is 11.9 Å². The Balaban J connectivity index is 1.62. The molecule has 1 saturated carbocycles. The van der Waals surface area contributed by atoms with Crippen LogP contribution in [-0.2, 0) is 38.3 Å². The molecule has 1 aliphatic carbocycles. The Kier molecular flexibility index (Phi) is 17.7. The number of halogens is 1. The van der Waals surface area contributed by atoms with Crippen molar-refractivity contribution in [1.82, 2.24) is 0 Å². The molecule has 0 saturated heterocycles. The third kappa shape index (κ3) is 12.9. The normalized spacial score (nSPS) is 15.4. The Morgan fingerprint density at radius 3 is 1.87 bits per heavy atom. The summed E-state index contributed by atoms with van der Waals surface area (Å²) in [5.41, 5.74) is 8.35. The van der Waals surface area contributed by atoms with E-state index in [1.165, 1.54) is 38.5 Å². The van der Waals surface area contributed by atoms with Crippen LogP contribution in [0.4, 0.5) is 4.39 Å². The van der Waals surface area contributed by atoms with Gasteiger partial charge in [-0.05, 0) is 141 Å². The largest absolute Gasteiger partial charge is 0.493 e. The zero-order valence-corrected chi connectivity index (χ0v) is 33.8. The number of aliphatic hydroxyl groups excluding tert-OH is 1. The highest BCUT2D eigenvalue weighted by molar-refractivity contribution is 5.87. The molecule has 0 unspecified atom stereocenters. The predicted molar refractivity (Wildman–Crippen MR) is 221 cm³/mol. The van der Waals surface area contributed by atoms with Crippen LogP contribution in [0.25, 0.3) is 22.3 Å². The number of esters is 2. The van der Waals surface area contributed by atoms with E-state index in [1.807, 2.05) is 12.1 Å². The van der Waals surface area contributed by atoms with E-state index in [4.69, 9.17) is 14.2 Å². The first kappa shape index (κ1) is 43.5. The van der Waals surface area contributed by atoms with Crippen molar-refractivity contribution in [3.63, 3.8) is 0 Å². The molecule has 7 heteroatoms. The number of aryl methyl sites for hydroxylation is 3. The van der Waals surface area contributed by atoms with Crippen molar-refractivity contribution in [2.24, 2.45) is 5.92 Å². The Labute approximate surface area is 329 Å². The number of hydrogen-bond acceptors (Lipinski definition) is 6. The number of ether oxygens (including phenoxy) is 3. The van der Waals surface area contributed by atoms with E-state index in [-0.39, 0.29) is 25.6 Å². The zero-order chi connectivity index (χ0) is 39.7. The summed E-state index contributed by atoms with van der Waals surface area (Å²) >= 11 is 0. The number of carbonyl (C=O) groups is 2. The molecule has 0 aliphatic heterocycles. The molecular weight excluding hydrogens is 692 g/mol. The minimum Gasteiger partial charge on any atom is -0.493 e. The maximum atomic E-state index is 15.9. The van der Waals surface area contributed by atoms with Gasteiger partial charge in [0.15, 0.2) is 0 Å². The molecule has 0 atom stereocenters. The van der Waals surface area contributed by atoms with Crippen LogP contribution in [0.15, 0.2) is 72.8 Å². The van der Waals surface area contributed by atoms with Gasteiger partial charge in [-0.1, -0.05) is 83.0 Å². The Morgan fingerprint density at radius 2 is 1.33 bits per heavy atom. The van der Waals surface area contributed by atoms with Gasteiger partial charge in [0.25, 0.3) is 0 Å². The molecule has 298 valence electrons. The Hall–Kier alpha value is -4.23. The summed E-state index contributed by atoms with van der Waals surface area (Å²) in [5.74, 6) is 0.963. The van der Waals surface area contributed by atoms with E-state index in [0.717, 1.165) is 69.9 Å². The van der Waals surface area contributed by atoms with Crippen LogP contribution in [0.5, 0.6) is 5.75 Å². The van der Waals surface area contributed by atoms with Crippen LogP contribution in [0, 0.1) is 11.7 Å². The van der Waals surface area contributed by atoms with E-state index in [9.17, 15) is 14.7 Å². The Bertz CT molecular complexity index is 1700. The second-order valence-corrected chi connectivity index (χ2v) is 15.3. The molecule has 3 aromatic rings. The maximum absolute atomic E-state index is 15.9. The minimum atomic E-state index is -0.419. The molecule has 6 nitrogen and oxygen atoms in total. The molecule has 3 aromatic carbocycles. The molecule has 1 N–H and O–H groups in total. The van der Waals surface area contributed by atoms with Gasteiger partial charge in [0.2, 0.25) is 0 Å². The van der Waals surface area contributed by atoms with Crippen molar-refractivity contribution < 1.29 is 33.3 Å². The highest BCUT2D eigenvalue weighted by Crippen LogP contribution is 2.40. The predicted octanol–water partition coefficient (Wildman–Crippen LogP) is 11.4. The molecule has 0 amide bonds. The number of carbonyl (C=O) groups excluding carboxylic acids is 2. The number of benzene rings is 3. The second kappa shape index (κ2) is 22.4. The number of aliphatic hydroxyl groups is 1. The fourth-order valence-corrected chi connectivity index (χ4v) is 7.63. The number of hydrogen-bond donors (Lipinski definition) is 1. The first-order valence-electron chi connectivity index (χ1n) is 20.5. The van der Waals surface area contributed by atoms with Crippen molar-refractivity contribution in [1.29, 1.82) is 0 Å². The van der Waals surface area contributed by atoms with Gasteiger partial charge in [-0.3, -0.25) is 0 Å². The Morgan fingerprint density at radius 1 is 0.727 bits per heavy atom. The quantitative estimate of drug-likeness (QED) is 0.0625. The molecule has 0 radical (unpaired) electrons. The lowest BCUT2D eigenvalue weighted by Gasteiger charge is -2.29. The fraction of sp³-hybridized carbons (Fsp3) is 0.500. The molecular formula is C48H63FO6. The highest BCUT2D eigenvalue weighted by Gasteiger charge is 2.23. The van der Waals surface area contributed by atoms with E-state index < -0.39 is 11.9 Å². The standard InChI is InChI=1S/C48H63FO6/c1-7-9-10-14-35-17-19-37(20-18-35)38-21-24-44(45(49)32-38)39-22-23-43(36(8-2)29-39)42-30-40(15-11-26-54-47(51)33(3)4)46(53-28-13-25-50)41(31-42)16-12-27-55-48(52)34(5)6/h21-24,29-32,35,37,50H,3,5,7-20,25-28H2,1-2,4,6H3. The maximum Gasteiger partial charge on any atom is 0.333 e. The van der Waals surface area contributed by atoms with Crippen LogP contribution in [0.2, 0.25) is 0 Å². The highest BCUT2D eigenvalue weighted by atomic mass is 19.1. The van der Waals surface area contributed by atoms with Gasteiger partial charge in [-0.15, -0.1) is 0 Å². The third-order valence-electron chi connectivity index (χ3n) is 10.8. The fourth-order valence-electron chi connectivity index (χ4n) is 7.63. The van der Waals surface area contributed by atoms with Gasteiger partial charge in [0.05, 0.1) is 19.8 Å². The summed E-state index contributed by atoms with van der Waals surface area (Å²) in [7, 11) is 0. The average Bonchev–Trinajstić information content (AvgIpc) is 3.18. The number of rotatable bonds is 22. The van der Waals surface area contributed by atoms with Crippen LogP contribution in [0.1, 0.15) is 126 Å². The average molecular weight is 755 g/mol. The van der Waals surface area contributed by atoms with Crippen LogP contribution < -0.4 is 4.74 Å². The van der Waals surface area contributed by atoms with Crippen LogP contribution >= 0.6 is 0 Å². The summed E-state index contributed by atoms with van der Waals surface area (Å²) in [6.07, 6.45) is 13.5. The first-order valence-corrected chi connectivity index (χ1v) is 20.5. The lowest BCUT2D eigenvalue weighted by atomic mass is 9.77. The summed E-state index contributed by atoms with van der Waals surface area (Å²) in [4.78, 5) is 24.1. The zero-order valence-electron chi connectivity index (χ0n) is 33.8. The molecule has 1 aliphatic rings. The molecule has 4 rings (SSSR count). The van der Waals surface area contributed by atoms with Gasteiger partial charge in [-0.25, -0.2) is 14.0 Å². The van der Waals surface area contributed by atoms with E-state index >= 15 is 4.39 Å². The smallest absolute Gasteiger partial charge is 0.333 e. The van der Waals surface area contributed by atoms with Gasteiger partial charge >= 0.3 is 11.9 Å². The van der Waals surface area contributed by atoms with Gasteiger partial charge in [-0.2, -0.15) is 0 Å². The molecule has 0 bridgehead atoms. The molecule has 0 heterocycles. The molecule has 55 heavy (non-hydrogen) atoms. The van der Waals surface area contributed by atoms with Crippen molar-refractivity contribution in [2.45, 2.75) is 124 Å². The van der Waals surface area contributed by atoms with Crippen molar-refractivity contribution in [3.8, 4) is 28.0 Å². The van der Waals surface area contributed by atoms with Crippen molar-refractivity contribution in [3.05, 3.63) is 101 Å².